The standard InChI is InChI=1S/C5H10N2O/c1-6-4-3-5(8)7(6)2/h6H,1,3-4H2,2H3. The van der Waals surface area contributed by atoms with Gasteiger partial charge in [-0.05, 0) is 0 Å². The van der Waals surface area contributed by atoms with E-state index in [1.807, 2.05) is 0 Å². The molecule has 1 fully saturated rings. The number of carbonyl (C=O) groups is 1. The second-order valence-electron chi connectivity index (χ2n) is 2.02. The number of hydrogen-bond donors (Lipinski definition) is 1. The summed E-state index contributed by atoms with van der Waals surface area (Å²) < 4.78 is 0. The summed E-state index contributed by atoms with van der Waals surface area (Å²) >= 11 is 0. The van der Waals surface area contributed by atoms with E-state index in [1.54, 1.807) is 12.1 Å². The van der Waals surface area contributed by atoms with Crippen LogP contribution >= 0.6 is 0 Å². The summed E-state index contributed by atoms with van der Waals surface area (Å²) in [5.41, 5.74) is 0. The number of amides is 1. The Morgan fingerprint density at radius 3 is 2.62 bits per heavy atom. The first-order valence-electron chi connectivity index (χ1n) is 2.66. The molecule has 0 radical (unpaired) electrons. The van der Waals surface area contributed by atoms with Crippen LogP contribution in [0.4, 0.5) is 0 Å². The molecular weight excluding hydrogens is 104 g/mol. The molecule has 3 heteroatoms. The Morgan fingerprint density at radius 2 is 2.50 bits per heavy atom. The first-order valence-corrected chi connectivity index (χ1v) is 2.66. The van der Waals surface area contributed by atoms with Gasteiger partial charge in [-0.15, -0.1) is 7.05 Å². The molecule has 0 aliphatic carbocycles. The van der Waals surface area contributed by atoms with Gasteiger partial charge in [0.1, 0.15) is 0 Å². The fraction of sp³-hybridized carbons (Fsp3) is 0.600. The molecule has 1 rings (SSSR count). The predicted octanol–water partition coefficient (Wildman–Crippen LogP) is -1.56. The number of nitrogens with zero attached hydrogens (tertiary/aromatic N) is 1. The highest BCUT2D eigenvalue weighted by Crippen LogP contribution is 1.86. The molecule has 0 spiro atoms. The first kappa shape index (κ1) is 5.56. The van der Waals surface area contributed by atoms with Gasteiger partial charge in [0, 0.05) is 0 Å². The summed E-state index contributed by atoms with van der Waals surface area (Å²) in [5.74, 6) is 0.190. The molecule has 8 heavy (non-hydrogen) atoms. The van der Waals surface area contributed by atoms with Crippen LogP contribution in [0.5, 0.6) is 0 Å². The van der Waals surface area contributed by atoms with Crippen molar-refractivity contribution in [3.63, 3.8) is 0 Å². The molecule has 1 aliphatic heterocycles. The van der Waals surface area contributed by atoms with Crippen LogP contribution in [0.1, 0.15) is 6.42 Å². The van der Waals surface area contributed by atoms with Crippen LogP contribution in [0, 0.1) is 7.05 Å². The normalized spacial score (nSPS) is 29.5. The topological polar surface area (TPSA) is 24.8 Å². The number of nitrogens with one attached hydrogen (secondary N) is 1. The van der Waals surface area contributed by atoms with Crippen molar-refractivity contribution in [2.45, 2.75) is 6.42 Å². The van der Waals surface area contributed by atoms with E-state index in [1.165, 1.54) is 0 Å². The molecule has 1 amide bonds. The molecule has 0 bridgehead atoms. The van der Waals surface area contributed by atoms with E-state index >= 15 is 0 Å². The van der Waals surface area contributed by atoms with Crippen LogP contribution in [0.2, 0.25) is 0 Å². The highest BCUT2D eigenvalue weighted by Gasteiger charge is 2.21. The van der Waals surface area contributed by atoms with E-state index < -0.39 is 0 Å². The van der Waals surface area contributed by atoms with Crippen LogP contribution in [0.25, 0.3) is 0 Å². The van der Waals surface area contributed by atoms with Gasteiger partial charge in [-0.25, -0.2) is 5.01 Å². The molecule has 1 heterocycles. The maximum Gasteiger partial charge on any atom is 0.270 e. The smallest absolute Gasteiger partial charge is 0.270 e. The van der Waals surface area contributed by atoms with Crippen molar-refractivity contribution >= 4 is 5.91 Å². The van der Waals surface area contributed by atoms with Gasteiger partial charge in [-0.2, -0.15) is 0 Å². The third-order valence-electron chi connectivity index (χ3n) is 1.48. The SMILES string of the molecule is [CH2-][NH+]1CCC(=O)N1C. The third kappa shape index (κ3) is 0.690. The second kappa shape index (κ2) is 1.74. The number of quaternary nitrogens is 1. The molecule has 1 atom stereocenters. The van der Waals surface area contributed by atoms with Gasteiger partial charge in [0.05, 0.1) is 20.0 Å². The summed E-state index contributed by atoms with van der Waals surface area (Å²) in [5, 5.41) is 2.55. The Balaban J connectivity index is 2.56. The molecule has 0 aromatic carbocycles. The lowest BCUT2D eigenvalue weighted by atomic mass is 10.4. The molecular formula is C5H10N2O. The number of rotatable bonds is 0. The van der Waals surface area contributed by atoms with E-state index in [4.69, 9.17) is 0 Å². The molecule has 46 valence electrons. The Bertz CT molecular complexity index is 113. The maximum atomic E-state index is 10.6. The van der Waals surface area contributed by atoms with Gasteiger partial charge in [0.2, 0.25) is 0 Å². The molecule has 1 unspecified atom stereocenters. The van der Waals surface area contributed by atoms with Crippen molar-refractivity contribution in [2.75, 3.05) is 13.6 Å². The van der Waals surface area contributed by atoms with Crippen molar-refractivity contribution < 1.29 is 9.80 Å². The fourth-order valence-corrected chi connectivity index (χ4v) is 0.763. The van der Waals surface area contributed by atoms with E-state index in [0.29, 0.717) is 6.42 Å². The zero-order chi connectivity index (χ0) is 6.15. The van der Waals surface area contributed by atoms with Crippen molar-refractivity contribution in [1.82, 2.24) is 5.01 Å². The minimum absolute atomic E-state index is 0.190. The van der Waals surface area contributed by atoms with Gasteiger partial charge in [-0.3, -0.25) is 4.79 Å². The molecule has 1 aliphatic rings. The minimum Gasteiger partial charge on any atom is -0.359 e. The van der Waals surface area contributed by atoms with E-state index in [2.05, 4.69) is 7.05 Å². The van der Waals surface area contributed by atoms with Crippen LogP contribution in [-0.2, 0) is 4.79 Å². The summed E-state index contributed by atoms with van der Waals surface area (Å²) in [7, 11) is 5.45. The quantitative estimate of drug-likeness (QED) is 0.378. The number of hydrogen-bond acceptors (Lipinski definition) is 1. The molecule has 1 N–H and O–H groups in total. The zero-order valence-corrected chi connectivity index (χ0v) is 4.98. The Labute approximate surface area is 48.8 Å². The lowest BCUT2D eigenvalue weighted by Crippen LogP contribution is -3.10. The van der Waals surface area contributed by atoms with Crippen LogP contribution in [-0.4, -0.2) is 24.5 Å². The highest BCUT2D eigenvalue weighted by molar-refractivity contribution is 5.75. The van der Waals surface area contributed by atoms with Crippen molar-refractivity contribution in [3.05, 3.63) is 7.05 Å². The molecule has 0 aromatic rings. The van der Waals surface area contributed by atoms with Crippen LogP contribution in [0.15, 0.2) is 0 Å². The highest BCUT2D eigenvalue weighted by atomic mass is 16.2. The van der Waals surface area contributed by atoms with Gasteiger partial charge in [0.15, 0.2) is 0 Å². The molecule has 0 saturated carbocycles. The lowest BCUT2D eigenvalue weighted by molar-refractivity contribution is -0.949. The van der Waals surface area contributed by atoms with Crippen molar-refractivity contribution in [2.24, 2.45) is 0 Å². The third-order valence-corrected chi connectivity index (χ3v) is 1.48. The lowest BCUT2D eigenvalue weighted by Gasteiger charge is -2.20. The Hall–Kier alpha value is -0.570. The summed E-state index contributed by atoms with van der Waals surface area (Å²) in [4.78, 5) is 10.6. The molecule has 1 saturated heterocycles. The van der Waals surface area contributed by atoms with Gasteiger partial charge >= 0.3 is 0 Å². The maximum absolute atomic E-state index is 10.6. The minimum atomic E-state index is 0.190. The largest absolute Gasteiger partial charge is 0.359 e. The van der Waals surface area contributed by atoms with E-state index in [-0.39, 0.29) is 5.91 Å². The van der Waals surface area contributed by atoms with Crippen molar-refractivity contribution in [3.8, 4) is 0 Å². The van der Waals surface area contributed by atoms with Gasteiger partial charge in [0.25, 0.3) is 5.91 Å². The zero-order valence-electron chi connectivity index (χ0n) is 4.98. The average molecular weight is 114 g/mol. The van der Waals surface area contributed by atoms with E-state index in [0.717, 1.165) is 11.6 Å². The number of carbonyl (C=O) groups excluding carboxylic acids is 1. The molecule has 3 nitrogen and oxygen atoms in total. The Morgan fingerprint density at radius 1 is 1.88 bits per heavy atom. The van der Waals surface area contributed by atoms with Crippen LogP contribution < -0.4 is 5.01 Å². The van der Waals surface area contributed by atoms with Gasteiger partial charge < -0.3 is 5.01 Å². The van der Waals surface area contributed by atoms with Crippen molar-refractivity contribution in [1.29, 1.82) is 0 Å². The summed E-state index contributed by atoms with van der Waals surface area (Å²) in [6.07, 6.45) is 0.648. The summed E-state index contributed by atoms with van der Waals surface area (Å²) in [6.45, 7) is 0.843. The second-order valence-corrected chi connectivity index (χ2v) is 2.02. The monoisotopic (exact) mass is 114 g/mol. The van der Waals surface area contributed by atoms with E-state index in [9.17, 15) is 4.79 Å². The Kier molecular flexibility index (Phi) is 1.21. The predicted molar refractivity (Wildman–Crippen MR) is 28.6 cm³/mol. The first-order chi connectivity index (χ1) is 3.72. The van der Waals surface area contributed by atoms with Gasteiger partial charge in [-0.1, -0.05) is 0 Å². The van der Waals surface area contributed by atoms with Crippen LogP contribution in [0.3, 0.4) is 0 Å². The molecule has 0 aromatic heterocycles. The fourth-order valence-electron chi connectivity index (χ4n) is 0.763. The average Bonchev–Trinajstić information content (AvgIpc) is 1.98. The summed E-state index contributed by atoms with van der Waals surface area (Å²) in [6, 6.07) is 0.